The summed E-state index contributed by atoms with van der Waals surface area (Å²) in [5.41, 5.74) is -2.28. The number of fused-ring (bicyclic) bond motifs is 2. The Hall–Kier alpha value is -4.48. The molecule has 1 aromatic carbocycles. The summed E-state index contributed by atoms with van der Waals surface area (Å²) in [6.07, 6.45) is 2.38. The Morgan fingerprint density at radius 1 is 1.29 bits per heavy atom. The normalized spacial score (nSPS) is 25.1. The molecule has 15 heteroatoms. The summed E-state index contributed by atoms with van der Waals surface area (Å²) in [5, 5.41) is 2.89. The smallest absolute Gasteiger partial charge is 0.459 e. The Bertz CT molecular complexity index is 1590. The molecule has 1 amide bonds. The van der Waals surface area contributed by atoms with E-state index in [0.29, 0.717) is 10.6 Å². The van der Waals surface area contributed by atoms with Crippen molar-refractivity contribution in [2.45, 2.75) is 56.6 Å². The summed E-state index contributed by atoms with van der Waals surface area (Å²) >= 11 is 5.95. The second kappa shape index (κ2) is 10.2. The van der Waals surface area contributed by atoms with Crippen molar-refractivity contribution >= 4 is 46.8 Å². The van der Waals surface area contributed by atoms with Gasteiger partial charge in [0.15, 0.2) is 29.8 Å². The highest BCUT2D eigenvalue weighted by Crippen LogP contribution is 2.53. The molecule has 4 atom stereocenters. The number of esters is 1. The van der Waals surface area contributed by atoms with Crippen LogP contribution < -0.4 is 5.32 Å². The Kier molecular flexibility index (Phi) is 6.96. The van der Waals surface area contributed by atoms with Gasteiger partial charge < -0.3 is 23.7 Å². The number of hydrogen-bond donors (Lipinski definition) is 1. The molecule has 0 unspecified atom stereocenters. The zero-order valence-electron chi connectivity index (χ0n) is 21.9. The van der Waals surface area contributed by atoms with Gasteiger partial charge in [-0.15, -0.1) is 6.42 Å². The van der Waals surface area contributed by atoms with Gasteiger partial charge >= 0.3 is 18.2 Å². The van der Waals surface area contributed by atoms with E-state index >= 15 is 4.39 Å². The van der Waals surface area contributed by atoms with E-state index in [1.807, 2.05) is 0 Å². The predicted molar refractivity (Wildman–Crippen MR) is 138 cm³/mol. The van der Waals surface area contributed by atoms with E-state index in [4.69, 9.17) is 41.7 Å². The third-order valence-electron chi connectivity index (χ3n) is 6.05. The van der Waals surface area contributed by atoms with Gasteiger partial charge in [0.2, 0.25) is 6.10 Å². The van der Waals surface area contributed by atoms with Crippen LogP contribution in [0.2, 0.25) is 5.02 Å². The van der Waals surface area contributed by atoms with E-state index in [-0.39, 0.29) is 23.4 Å². The molecule has 2 fully saturated rings. The fourth-order valence-electron chi connectivity index (χ4n) is 4.43. The van der Waals surface area contributed by atoms with Crippen molar-refractivity contribution in [2.75, 3.05) is 11.9 Å². The van der Waals surface area contributed by atoms with Crippen LogP contribution in [0, 0.1) is 12.3 Å². The number of nitrogens with one attached hydrogen (secondary N) is 1. The number of anilines is 1. The highest BCUT2D eigenvalue weighted by atomic mass is 35.5. The van der Waals surface area contributed by atoms with Crippen molar-refractivity contribution in [2.24, 2.45) is 0 Å². The molecular weight excluding hydrogens is 565 g/mol. The standard InChI is InChI=1S/C26H23ClFN5O8/c1-5-25-20(38-23(36)41-25)26(28,11-37-16(34)10-14-7-6-8-15(27)9-14)39-21(25)33-13-31-17-18(29-12-30-19(17)33)32-22(35)40-24(2,3)4/h1,6-9,12-13,20-21H,10-11H2,2-4H3,(H,29,30,32,35)/t20-,21+,25+,26+/m0/s1. The van der Waals surface area contributed by atoms with Crippen LogP contribution in [0.3, 0.4) is 0 Å². The maximum absolute atomic E-state index is 16.4. The monoisotopic (exact) mass is 587 g/mol. The van der Waals surface area contributed by atoms with E-state index < -0.39 is 54.2 Å². The molecule has 0 radical (unpaired) electrons. The third kappa shape index (κ3) is 5.33. The molecule has 2 aliphatic heterocycles. The molecule has 214 valence electrons. The molecule has 2 aromatic heterocycles. The van der Waals surface area contributed by atoms with Crippen LogP contribution in [0.15, 0.2) is 36.9 Å². The Labute approximate surface area is 237 Å². The second-order valence-corrected chi connectivity index (χ2v) is 10.6. The zero-order valence-corrected chi connectivity index (χ0v) is 22.7. The quantitative estimate of drug-likeness (QED) is 0.255. The summed E-state index contributed by atoms with van der Waals surface area (Å²) in [6.45, 7) is 4.08. The number of alkyl halides is 1. The molecule has 0 bridgehead atoms. The van der Waals surface area contributed by atoms with E-state index in [9.17, 15) is 14.4 Å². The lowest BCUT2D eigenvalue weighted by Gasteiger charge is -2.24. The van der Waals surface area contributed by atoms with Crippen LogP contribution >= 0.6 is 11.6 Å². The number of carbonyl (C=O) groups is 3. The molecular formula is C26H23ClFN5O8. The van der Waals surface area contributed by atoms with Gasteiger partial charge in [0.05, 0.1) is 12.7 Å². The SMILES string of the molecule is C#C[C@@]12OC(=O)O[C@@H]1[C@@](F)(COC(=O)Cc1cccc(Cl)c1)O[C@H]2n1cnc2c(NC(=O)OC(C)(C)C)ncnc21. The molecule has 2 aliphatic rings. The first-order valence-corrected chi connectivity index (χ1v) is 12.5. The number of imidazole rings is 1. The molecule has 0 saturated carbocycles. The van der Waals surface area contributed by atoms with Gasteiger partial charge in [0.25, 0.3) is 11.5 Å². The van der Waals surface area contributed by atoms with E-state index in [2.05, 4.69) is 26.2 Å². The van der Waals surface area contributed by atoms with Crippen molar-refractivity contribution in [1.82, 2.24) is 19.5 Å². The fourth-order valence-corrected chi connectivity index (χ4v) is 4.64. The number of hydrogen-bond acceptors (Lipinski definition) is 11. The number of amides is 1. The van der Waals surface area contributed by atoms with E-state index in [1.54, 1.807) is 45.0 Å². The average Bonchev–Trinajstić information content (AvgIpc) is 3.53. The average molecular weight is 588 g/mol. The minimum absolute atomic E-state index is 0.0200. The number of ether oxygens (including phenoxy) is 5. The maximum Gasteiger partial charge on any atom is 0.510 e. The van der Waals surface area contributed by atoms with Crippen LogP contribution in [0.25, 0.3) is 11.2 Å². The highest BCUT2D eigenvalue weighted by molar-refractivity contribution is 6.30. The van der Waals surface area contributed by atoms with Gasteiger partial charge in [-0.05, 0) is 44.4 Å². The number of terminal acetylenes is 1. The highest BCUT2D eigenvalue weighted by Gasteiger charge is 2.74. The molecule has 3 aromatic rings. The molecule has 1 N–H and O–H groups in total. The van der Waals surface area contributed by atoms with Gasteiger partial charge in [-0.1, -0.05) is 23.7 Å². The summed E-state index contributed by atoms with van der Waals surface area (Å²) in [7, 11) is 0. The number of halogens is 2. The van der Waals surface area contributed by atoms with Crippen molar-refractivity contribution in [3.63, 3.8) is 0 Å². The topological polar surface area (TPSA) is 153 Å². The number of carbonyl (C=O) groups excluding carboxylic acids is 3. The Balaban J connectivity index is 1.42. The van der Waals surface area contributed by atoms with E-state index in [0.717, 1.165) is 6.33 Å². The first-order chi connectivity index (χ1) is 19.3. The number of nitrogens with zero attached hydrogens (tertiary/aromatic N) is 4. The summed E-state index contributed by atoms with van der Waals surface area (Å²) in [5.74, 6) is -1.48. The number of aromatic nitrogens is 4. The van der Waals surface area contributed by atoms with Gasteiger partial charge in [0, 0.05) is 5.02 Å². The second-order valence-electron chi connectivity index (χ2n) is 10.2. The maximum atomic E-state index is 16.4. The fraction of sp³-hybridized carbons (Fsp3) is 0.385. The predicted octanol–water partition coefficient (Wildman–Crippen LogP) is 3.71. The third-order valence-corrected chi connectivity index (χ3v) is 6.28. The van der Waals surface area contributed by atoms with Crippen molar-refractivity contribution in [3.8, 4) is 12.3 Å². The lowest BCUT2D eigenvalue weighted by atomic mass is 9.94. The molecule has 5 rings (SSSR count). The molecule has 13 nitrogen and oxygen atoms in total. The Morgan fingerprint density at radius 3 is 2.78 bits per heavy atom. The summed E-state index contributed by atoms with van der Waals surface area (Å²) in [6, 6.07) is 6.49. The van der Waals surface area contributed by atoms with Crippen molar-refractivity contribution < 1.29 is 42.5 Å². The first-order valence-electron chi connectivity index (χ1n) is 12.2. The molecule has 2 saturated heterocycles. The number of benzene rings is 1. The van der Waals surface area contributed by atoms with E-state index in [1.165, 1.54) is 10.9 Å². The minimum Gasteiger partial charge on any atom is -0.459 e. The lowest BCUT2D eigenvalue weighted by Crippen LogP contribution is -2.48. The van der Waals surface area contributed by atoms with Gasteiger partial charge in [0.1, 0.15) is 11.9 Å². The van der Waals surface area contributed by atoms with Gasteiger partial charge in [-0.2, -0.15) is 0 Å². The van der Waals surface area contributed by atoms with Crippen LogP contribution in [0.1, 0.15) is 32.6 Å². The number of rotatable bonds is 6. The summed E-state index contributed by atoms with van der Waals surface area (Å²) < 4.78 is 44.0. The lowest BCUT2D eigenvalue weighted by molar-refractivity contribution is -0.218. The molecule has 0 spiro atoms. The first kappa shape index (κ1) is 28.1. The van der Waals surface area contributed by atoms with Crippen LogP contribution in [0.4, 0.5) is 19.8 Å². The van der Waals surface area contributed by atoms with Crippen molar-refractivity contribution in [1.29, 1.82) is 0 Å². The summed E-state index contributed by atoms with van der Waals surface area (Å²) in [4.78, 5) is 49.4. The zero-order chi connectivity index (χ0) is 29.6. The molecule has 4 heterocycles. The largest absolute Gasteiger partial charge is 0.510 e. The van der Waals surface area contributed by atoms with Gasteiger partial charge in [-0.25, -0.2) is 28.9 Å². The van der Waals surface area contributed by atoms with Crippen LogP contribution in [-0.4, -0.2) is 67.5 Å². The van der Waals surface area contributed by atoms with Crippen LogP contribution in [0.5, 0.6) is 0 Å². The molecule has 41 heavy (non-hydrogen) atoms. The van der Waals surface area contributed by atoms with Gasteiger partial charge in [-0.3, -0.25) is 14.7 Å². The minimum atomic E-state index is -2.92. The molecule has 0 aliphatic carbocycles. The van der Waals surface area contributed by atoms with Crippen molar-refractivity contribution in [3.05, 3.63) is 47.5 Å². The van der Waals surface area contributed by atoms with Crippen LogP contribution in [-0.2, 0) is 34.9 Å². The Morgan fingerprint density at radius 2 is 2.07 bits per heavy atom.